The summed E-state index contributed by atoms with van der Waals surface area (Å²) in [5.74, 6) is -1.63. The van der Waals surface area contributed by atoms with Crippen LogP contribution in [-0.2, 0) is 17.6 Å². The van der Waals surface area contributed by atoms with E-state index in [0.717, 1.165) is 76.3 Å². The second-order valence-corrected chi connectivity index (χ2v) is 11.6. The number of carboxylic acids is 1. The van der Waals surface area contributed by atoms with Gasteiger partial charge in [0.2, 0.25) is 0 Å². The highest BCUT2D eigenvalue weighted by Gasteiger charge is 2.41. The minimum Gasteiger partial charge on any atom is -0.667 e. The van der Waals surface area contributed by atoms with E-state index in [9.17, 15) is 25.2 Å². The number of rotatable bonds is 21. The summed E-state index contributed by atoms with van der Waals surface area (Å²) in [7, 11) is 0. The van der Waals surface area contributed by atoms with Crippen molar-refractivity contribution in [3.63, 3.8) is 0 Å². The van der Waals surface area contributed by atoms with Gasteiger partial charge in [0.05, 0.1) is 23.7 Å². The van der Waals surface area contributed by atoms with Crippen molar-refractivity contribution in [3.05, 3.63) is 23.5 Å². The molecule has 0 bridgehead atoms. The third kappa shape index (κ3) is 11.5. The molecule has 0 amide bonds. The lowest BCUT2D eigenvalue weighted by molar-refractivity contribution is -0.146. The van der Waals surface area contributed by atoms with E-state index in [0.29, 0.717) is 25.7 Å². The summed E-state index contributed by atoms with van der Waals surface area (Å²) in [4.78, 5) is 16.4. The topological polar surface area (TPSA) is 112 Å². The van der Waals surface area contributed by atoms with Crippen LogP contribution in [0.25, 0.3) is 0 Å². The first-order chi connectivity index (χ1) is 17.8. The Morgan fingerprint density at radius 2 is 1.65 bits per heavy atom. The van der Waals surface area contributed by atoms with Crippen LogP contribution in [0.1, 0.15) is 134 Å². The SMILES string of the molecule is CCCCCCCC(O)CCCCCCC(C(=O)O)C(O)CCC1(O)CCCC1Cc1cc(CC)c[n-]1. The number of aliphatic hydroxyl groups is 3. The van der Waals surface area contributed by atoms with E-state index >= 15 is 0 Å². The number of nitrogens with zero attached hydrogens (tertiary/aromatic N) is 1. The standard InChI is InChI=1S/C31H54NO5/c1-3-5-6-7-10-15-27(33)16-11-8-9-12-17-28(30(35)36)29(34)18-20-31(37)19-13-14-25(31)22-26-21-24(4-2)23-32-26/h21,23,25,27-29,33-34,37H,3-20,22H2,1-2H3,(H,35,36)/q-1. The number of hydrogen-bond acceptors (Lipinski definition) is 4. The molecule has 2 rings (SSSR count). The predicted octanol–water partition coefficient (Wildman–Crippen LogP) is 6.18. The molecule has 1 saturated carbocycles. The van der Waals surface area contributed by atoms with Crippen LogP contribution in [0.4, 0.5) is 0 Å². The average Bonchev–Trinajstić information content (AvgIpc) is 3.48. The Bertz CT molecular complexity index is 750. The van der Waals surface area contributed by atoms with Crippen LogP contribution in [0.15, 0.2) is 12.3 Å². The van der Waals surface area contributed by atoms with Gasteiger partial charge in [0.25, 0.3) is 0 Å². The molecule has 0 saturated heterocycles. The maximum absolute atomic E-state index is 11.9. The van der Waals surface area contributed by atoms with E-state index in [4.69, 9.17) is 0 Å². The van der Waals surface area contributed by atoms with E-state index < -0.39 is 23.6 Å². The van der Waals surface area contributed by atoms with Crippen molar-refractivity contribution in [1.82, 2.24) is 4.98 Å². The van der Waals surface area contributed by atoms with Crippen LogP contribution < -0.4 is 4.98 Å². The van der Waals surface area contributed by atoms with E-state index in [1.54, 1.807) is 0 Å². The highest BCUT2D eigenvalue weighted by Crippen LogP contribution is 2.41. The van der Waals surface area contributed by atoms with Gasteiger partial charge in [-0.15, -0.1) is 0 Å². The van der Waals surface area contributed by atoms with Crippen molar-refractivity contribution in [2.45, 2.75) is 154 Å². The summed E-state index contributed by atoms with van der Waals surface area (Å²) in [6.07, 6.45) is 17.6. The molecule has 0 aromatic carbocycles. The molecular weight excluding hydrogens is 466 g/mol. The molecule has 214 valence electrons. The van der Waals surface area contributed by atoms with Gasteiger partial charge in [-0.25, -0.2) is 0 Å². The van der Waals surface area contributed by atoms with Crippen molar-refractivity contribution >= 4 is 5.97 Å². The number of aromatic nitrogens is 1. The molecule has 5 unspecified atom stereocenters. The van der Waals surface area contributed by atoms with Crippen LogP contribution in [0.2, 0.25) is 0 Å². The Balaban J connectivity index is 1.67. The van der Waals surface area contributed by atoms with E-state index in [-0.39, 0.29) is 12.0 Å². The molecule has 6 nitrogen and oxygen atoms in total. The van der Waals surface area contributed by atoms with E-state index in [1.807, 2.05) is 6.20 Å². The van der Waals surface area contributed by atoms with Crippen molar-refractivity contribution in [3.8, 4) is 0 Å². The number of aliphatic hydroxyl groups excluding tert-OH is 2. The van der Waals surface area contributed by atoms with Gasteiger partial charge < -0.3 is 25.4 Å². The summed E-state index contributed by atoms with van der Waals surface area (Å²) < 4.78 is 0. The third-order valence-electron chi connectivity index (χ3n) is 8.63. The van der Waals surface area contributed by atoms with Gasteiger partial charge in [0.1, 0.15) is 0 Å². The largest absolute Gasteiger partial charge is 0.667 e. The van der Waals surface area contributed by atoms with Gasteiger partial charge in [0, 0.05) is 0 Å². The summed E-state index contributed by atoms with van der Waals surface area (Å²) in [5, 5.41) is 42.0. The fourth-order valence-corrected chi connectivity index (χ4v) is 6.07. The smallest absolute Gasteiger partial charge is 0.309 e. The normalized spacial score (nSPS) is 22.2. The lowest BCUT2D eigenvalue weighted by Crippen LogP contribution is -2.37. The minimum atomic E-state index is -0.950. The zero-order valence-corrected chi connectivity index (χ0v) is 23.5. The molecule has 1 aromatic rings. The molecular formula is C31H54NO5-. The fraction of sp³-hybridized carbons (Fsp3) is 0.839. The van der Waals surface area contributed by atoms with Gasteiger partial charge in [0.15, 0.2) is 0 Å². The minimum absolute atomic E-state index is 0.106. The Morgan fingerprint density at radius 1 is 1.00 bits per heavy atom. The number of aryl methyl sites for hydroxylation is 1. The van der Waals surface area contributed by atoms with E-state index in [2.05, 4.69) is 24.9 Å². The van der Waals surface area contributed by atoms with Crippen LogP contribution in [0.5, 0.6) is 0 Å². The Hall–Kier alpha value is -1.37. The van der Waals surface area contributed by atoms with Crippen LogP contribution in [0.3, 0.4) is 0 Å². The fourth-order valence-electron chi connectivity index (χ4n) is 6.07. The highest BCUT2D eigenvalue weighted by molar-refractivity contribution is 5.70. The quantitative estimate of drug-likeness (QED) is 0.144. The first-order valence-corrected chi connectivity index (χ1v) is 15.2. The molecule has 0 aliphatic heterocycles. The summed E-state index contributed by atoms with van der Waals surface area (Å²) in [6.45, 7) is 4.31. The molecule has 0 radical (unpaired) electrons. The Kier molecular flexibility index (Phi) is 14.9. The van der Waals surface area contributed by atoms with Crippen molar-refractivity contribution in [1.29, 1.82) is 0 Å². The van der Waals surface area contributed by atoms with Crippen molar-refractivity contribution < 1.29 is 25.2 Å². The molecule has 1 fully saturated rings. The van der Waals surface area contributed by atoms with Crippen molar-refractivity contribution in [2.75, 3.05) is 0 Å². The number of unbranched alkanes of at least 4 members (excludes halogenated alkanes) is 7. The number of aliphatic carboxylic acids is 1. The van der Waals surface area contributed by atoms with Gasteiger partial charge in [-0.3, -0.25) is 4.79 Å². The van der Waals surface area contributed by atoms with Gasteiger partial charge in [-0.1, -0.05) is 89.7 Å². The lowest BCUT2D eigenvalue weighted by Gasteiger charge is -2.33. The van der Waals surface area contributed by atoms with E-state index in [1.165, 1.54) is 31.2 Å². The van der Waals surface area contributed by atoms with Crippen molar-refractivity contribution in [2.24, 2.45) is 11.8 Å². The molecule has 37 heavy (non-hydrogen) atoms. The van der Waals surface area contributed by atoms with Gasteiger partial charge in [-0.2, -0.15) is 11.9 Å². The maximum atomic E-state index is 11.9. The molecule has 1 heterocycles. The summed E-state index contributed by atoms with van der Waals surface area (Å²) in [6, 6.07) is 2.11. The number of hydrogen-bond donors (Lipinski definition) is 4. The van der Waals surface area contributed by atoms with Crippen LogP contribution in [0, 0.1) is 11.8 Å². The third-order valence-corrected chi connectivity index (χ3v) is 8.63. The Labute approximate surface area is 225 Å². The van der Waals surface area contributed by atoms with Gasteiger partial charge >= 0.3 is 5.97 Å². The first-order valence-electron chi connectivity index (χ1n) is 15.2. The number of carboxylic acid groups (broad SMARTS) is 1. The monoisotopic (exact) mass is 520 g/mol. The highest BCUT2D eigenvalue weighted by atomic mass is 16.4. The average molecular weight is 521 g/mol. The molecule has 1 aliphatic rings. The molecule has 1 aliphatic carbocycles. The molecule has 1 aromatic heterocycles. The Morgan fingerprint density at radius 3 is 2.24 bits per heavy atom. The zero-order valence-electron chi connectivity index (χ0n) is 23.5. The lowest BCUT2D eigenvalue weighted by atomic mass is 9.81. The number of carbonyl (C=O) groups is 1. The maximum Gasteiger partial charge on any atom is 0.309 e. The second kappa shape index (κ2) is 17.3. The molecule has 5 atom stereocenters. The van der Waals surface area contributed by atoms with Crippen LogP contribution >= 0.6 is 0 Å². The molecule has 0 spiro atoms. The summed E-state index contributed by atoms with van der Waals surface area (Å²) >= 11 is 0. The molecule has 6 heteroatoms. The summed E-state index contributed by atoms with van der Waals surface area (Å²) in [5.41, 5.74) is 1.38. The molecule has 4 N–H and O–H groups in total. The van der Waals surface area contributed by atoms with Gasteiger partial charge in [-0.05, 0) is 63.7 Å². The predicted molar refractivity (Wildman–Crippen MR) is 149 cm³/mol. The second-order valence-electron chi connectivity index (χ2n) is 11.6. The van der Waals surface area contributed by atoms with Crippen LogP contribution in [-0.4, -0.2) is 44.2 Å². The first kappa shape index (κ1) is 31.8. The zero-order chi connectivity index (χ0) is 27.1.